The van der Waals surface area contributed by atoms with Crippen molar-refractivity contribution in [1.29, 1.82) is 0 Å². The van der Waals surface area contributed by atoms with Crippen LogP contribution in [0.2, 0.25) is 0 Å². The lowest BCUT2D eigenvalue weighted by Crippen LogP contribution is -2.34. The second-order valence-electron chi connectivity index (χ2n) is 3.51. The first kappa shape index (κ1) is 11.4. The topological polar surface area (TPSA) is 68.1 Å². The third-order valence-corrected chi connectivity index (χ3v) is 2.38. The molecule has 0 amide bonds. The van der Waals surface area contributed by atoms with Gasteiger partial charge in [-0.05, 0) is 18.2 Å². The molecule has 0 saturated carbocycles. The van der Waals surface area contributed by atoms with Crippen LogP contribution in [0.4, 0.5) is 4.39 Å². The molecule has 0 saturated heterocycles. The molecule has 17 heavy (non-hydrogen) atoms. The number of halogens is 1. The molecule has 2 rings (SSSR count). The van der Waals surface area contributed by atoms with Gasteiger partial charge in [0.2, 0.25) is 6.10 Å². The number of nitrogens with zero attached hydrogens (tertiary/aromatic N) is 1. The molecule has 1 aromatic rings. The summed E-state index contributed by atoms with van der Waals surface area (Å²) in [6.07, 6.45) is -0.985. The monoisotopic (exact) mass is 239 g/mol. The Morgan fingerprint density at radius 2 is 2.41 bits per heavy atom. The fraction of sp³-hybridized carbons (Fsp3) is 0.273. The van der Waals surface area contributed by atoms with Crippen molar-refractivity contribution in [3.63, 3.8) is 0 Å². The second-order valence-corrected chi connectivity index (χ2v) is 3.51. The number of rotatable bonds is 2. The van der Waals surface area contributed by atoms with Gasteiger partial charge in [-0.1, -0.05) is 5.16 Å². The maximum atomic E-state index is 13.1. The van der Waals surface area contributed by atoms with Crippen LogP contribution in [0, 0.1) is 5.82 Å². The van der Waals surface area contributed by atoms with Crippen LogP contribution in [0.5, 0.6) is 5.75 Å². The van der Waals surface area contributed by atoms with Gasteiger partial charge in [0.15, 0.2) is 0 Å². The molecule has 0 fully saturated rings. The number of carboxylic acid groups (broad SMARTS) is 1. The predicted octanol–water partition coefficient (Wildman–Crippen LogP) is 1.41. The SMILES string of the molecule is CO/N=C1\CC(C(=O)O)Oc2ccc(F)cc21. The van der Waals surface area contributed by atoms with Gasteiger partial charge in [-0.25, -0.2) is 9.18 Å². The van der Waals surface area contributed by atoms with Gasteiger partial charge in [0.05, 0.1) is 5.71 Å². The Kier molecular flexibility index (Phi) is 2.95. The van der Waals surface area contributed by atoms with E-state index in [1.807, 2.05) is 0 Å². The molecule has 1 N–H and O–H groups in total. The molecular formula is C11H10FNO4. The Balaban J connectivity index is 2.45. The first-order valence-corrected chi connectivity index (χ1v) is 4.91. The van der Waals surface area contributed by atoms with Crippen LogP contribution in [-0.4, -0.2) is 30.0 Å². The standard InChI is InChI=1S/C11H10FNO4/c1-16-13-8-5-10(11(14)15)17-9-3-2-6(12)4-7(8)9/h2-4,10H,5H2,1H3,(H,14,15)/b13-8+. The Morgan fingerprint density at radius 1 is 1.65 bits per heavy atom. The van der Waals surface area contributed by atoms with Crippen LogP contribution >= 0.6 is 0 Å². The Morgan fingerprint density at radius 3 is 3.06 bits per heavy atom. The second kappa shape index (κ2) is 4.40. The third kappa shape index (κ3) is 2.20. The average Bonchev–Trinajstić information content (AvgIpc) is 2.29. The zero-order chi connectivity index (χ0) is 12.4. The molecule has 6 heteroatoms. The number of aliphatic carboxylic acids is 1. The van der Waals surface area contributed by atoms with E-state index in [1.54, 1.807) is 0 Å². The molecule has 5 nitrogen and oxygen atoms in total. The van der Waals surface area contributed by atoms with Crippen LogP contribution < -0.4 is 4.74 Å². The number of ether oxygens (including phenoxy) is 1. The highest BCUT2D eigenvalue weighted by molar-refractivity contribution is 6.05. The van der Waals surface area contributed by atoms with E-state index in [1.165, 1.54) is 25.3 Å². The minimum absolute atomic E-state index is 0.0413. The fourth-order valence-corrected chi connectivity index (χ4v) is 1.65. The third-order valence-electron chi connectivity index (χ3n) is 2.38. The molecule has 0 aromatic heterocycles. The number of hydrogen-bond donors (Lipinski definition) is 1. The zero-order valence-corrected chi connectivity index (χ0v) is 9.01. The van der Waals surface area contributed by atoms with E-state index in [0.29, 0.717) is 17.0 Å². The Labute approximate surface area is 96.4 Å². The summed E-state index contributed by atoms with van der Waals surface area (Å²) in [6.45, 7) is 0. The Hall–Kier alpha value is -2.11. The molecule has 1 atom stereocenters. The number of benzene rings is 1. The lowest BCUT2D eigenvalue weighted by Gasteiger charge is -2.23. The van der Waals surface area contributed by atoms with Gasteiger partial charge >= 0.3 is 5.97 Å². The van der Waals surface area contributed by atoms with Crippen LogP contribution in [-0.2, 0) is 9.63 Å². The first-order valence-electron chi connectivity index (χ1n) is 4.91. The van der Waals surface area contributed by atoms with Crippen molar-refractivity contribution in [3.05, 3.63) is 29.6 Å². The van der Waals surface area contributed by atoms with Crippen LogP contribution in [0.15, 0.2) is 23.4 Å². The largest absolute Gasteiger partial charge is 0.478 e. The Bertz CT molecular complexity index is 486. The summed E-state index contributed by atoms with van der Waals surface area (Å²) >= 11 is 0. The van der Waals surface area contributed by atoms with Gasteiger partial charge in [-0.3, -0.25) is 0 Å². The number of carbonyl (C=O) groups is 1. The fourth-order valence-electron chi connectivity index (χ4n) is 1.65. The molecular weight excluding hydrogens is 229 g/mol. The number of carboxylic acids is 1. The van der Waals surface area contributed by atoms with Gasteiger partial charge in [0.25, 0.3) is 0 Å². The van der Waals surface area contributed by atoms with Crippen LogP contribution in [0.1, 0.15) is 12.0 Å². The molecule has 1 aromatic carbocycles. The highest BCUT2D eigenvalue weighted by atomic mass is 19.1. The van der Waals surface area contributed by atoms with Crippen LogP contribution in [0.3, 0.4) is 0 Å². The van der Waals surface area contributed by atoms with Crippen molar-refractivity contribution >= 4 is 11.7 Å². The summed E-state index contributed by atoms with van der Waals surface area (Å²) in [6, 6.07) is 3.82. The molecule has 1 heterocycles. The van der Waals surface area contributed by atoms with E-state index >= 15 is 0 Å². The maximum absolute atomic E-state index is 13.1. The number of hydrogen-bond acceptors (Lipinski definition) is 4. The number of oxime groups is 1. The average molecular weight is 239 g/mol. The van der Waals surface area contributed by atoms with Crippen LogP contribution in [0.25, 0.3) is 0 Å². The summed E-state index contributed by atoms with van der Waals surface area (Å²) in [7, 11) is 1.34. The molecule has 1 aliphatic heterocycles. The van der Waals surface area contributed by atoms with Crippen molar-refractivity contribution in [1.82, 2.24) is 0 Å². The van der Waals surface area contributed by atoms with E-state index in [4.69, 9.17) is 9.84 Å². The van der Waals surface area contributed by atoms with Gasteiger partial charge in [-0.2, -0.15) is 0 Å². The summed E-state index contributed by atoms with van der Waals surface area (Å²) in [4.78, 5) is 15.5. The van der Waals surface area contributed by atoms with E-state index in [-0.39, 0.29) is 6.42 Å². The number of fused-ring (bicyclic) bond motifs is 1. The van der Waals surface area contributed by atoms with Crippen molar-refractivity contribution in [2.75, 3.05) is 7.11 Å². The zero-order valence-electron chi connectivity index (χ0n) is 9.01. The van der Waals surface area contributed by atoms with E-state index in [0.717, 1.165) is 0 Å². The smallest absolute Gasteiger partial charge is 0.345 e. The lowest BCUT2D eigenvalue weighted by atomic mass is 10.00. The molecule has 1 unspecified atom stereocenters. The molecule has 1 aliphatic rings. The van der Waals surface area contributed by atoms with Crippen molar-refractivity contribution in [2.24, 2.45) is 5.16 Å². The highest BCUT2D eigenvalue weighted by Gasteiger charge is 2.30. The quantitative estimate of drug-likeness (QED) is 0.792. The maximum Gasteiger partial charge on any atom is 0.345 e. The molecule has 0 spiro atoms. The normalized spacial score (nSPS) is 20.6. The molecule has 0 aliphatic carbocycles. The van der Waals surface area contributed by atoms with Gasteiger partial charge < -0.3 is 14.7 Å². The molecule has 0 radical (unpaired) electrons. The summed E-state index contributed by atoms with van der Waals surface area (Å²) in [5, 5.41) is 12.6. The molecule has 90 valence electrons. The van der Waals surface area contributed by atoms with E-state index in [2.05, 4.69) is 9.99 Å². The van der Waals surface area contributed by atoms with E-state index < -0.39 is 17.9 Å². The minimum Gasteiger partial charge on any atom is -0.478 e. The summed E-state index contributed by atoms with van der Waals surface area (Å²) < 4.78 is 18.3. The lowest BCUT2D eigenvalue weighted by molar-refractivity contribution is -0.144. The van der Waals surface area contributed by atoms with Gasteiger partial charge in [-0.15, -0.1) is 0 Å². The highest BCUT2D eigenvalue weighted by Crippen LogP contribution is 2.29. The first-order chi connectivity index (χ1) is 8.11. The molecule has 0 bridgehead atoms. The van der Waals surface area contributed by atoms with Gasteiger partial charge in [0, 0.05) is 12.0 Å². The van der Waals surface area contributed by atoms with Crippen molar-refractivity contribution in [3.8, 4) is 5.75 Å². The predicted molar refractivity (Wildman–Crippen MR) is 56.6 cm³/mol. The minimum atomic E-state index is -1.09. The summed E-state index contributed by atoms with van der Waals surface area (Å²) in [5.41, 5.74) is 0.782. The van der Waals surface area contributed by atoms with Gasteiger partial charge in [0.1, 0.15) is 18.7 Å². The van der Waals surface area contributed by atoms with Crippen molar-refractivity contribution in [2.45, 2.75) is 12.5 Å². The van der Waals surface area contributed by atoms with Crippen molar-refractivity contribution < 1.29 is 23.9 Å². The summed E-state index contributed by atoms with van der Waals surface area (Å²) in [5.74, 6) is -1.24. The van der Waals surface area contributed by atoms with E-state index in [9.17, 15) is 9.18 Å².